The standard InChI is InChI=1S/C14H21NO2/c1-14(7-4-8-15-11-14)17-10-12-5-3-6-13(9-12)16-2/h3,5-6,9,15H,4,7-8,10-11H2,1-2H3. The van der Waals surface area contributed by atoms with Gasteiger partial charge in [-0.2, -0.15) is 0 Å². The Balaban J connectivity index is 1.92. The summed E-state index contributed by atoms with van der Waals surface area (Å²) in [6.45, 7) is 4.88. The van der Waals surface area contributed by atoms with Crippen molar-refractivity contribution in [2.24, 2.45) is 0 Å². The van der Waals surface area contributed by atoms with E-state index in [9.17, 15) is 0 Å². The van der Waals surface area contributed by atoms with E-state index in [1.54, 1.807) is 7.11 Å². The SMILES string of the molecule is COc1cccc(COC2(C)CCCNC2)c1. The largest absolute Gasteiger partial charge is 0.497 e. The molecule has 3 heteroatoms. The van der Waals surface area contributed by atoms with Gasteiger partial charge in [0.25, 0.3) is 0 Å². The van der Waals surface area contributed by atoms with Crippen LogP contribution in [-0.2, 0) is 11.3 Å². The predicted octanol–water partition coefficient (Wildman–Crippen LogP) is 2.35. The fourth-order valence-corrected chi connectivity index (χ4v) is 2.17. The smallest absolute Gasteiger partial charge is 0.119 e. The minimum Gasteiger partial charge on any atom is -0.497 e. The van der Waals surface area contributed by atoms with Gasteiger partial charge < -0.3 is 14.8 Å². The maximum Gasteiger partial charge on any atom is 0.119 e. The molecule has 1 aliphatic heterocycles. The fraction of sp³-hybridized carbons (Fsp3) is 0.571. The van der Waals surface area contributed by atoms with Gasteiger partial charge in [0.1, 0.15) is 5.75 Å². The molecule has 1 N–H and O–H groups in total. The van der Waals surface area contributed by atoms with E-state index in [0.717, 1.165) is 30.8 Å². The van der Waals surface area contributed by atoms with Gasteiger partial charge in [-0.05, 0) is 44.0 Å². The van der Waals surface area contributed by atoms with E-state index in [-0.39, 0.29) is 5.60 Å². The molecule has 1 fully saturated rings. The van der Waals surface area contributed by atoms with E-state index < -0.39 is 0 Å². The third-order valence-corrected chi connectivity index (χ3v) is 3.28. The Morgan fingerprint density at radius 2 is 2.29 bits per heavy atom. The van der Waals surface area contributed by atoms with Gasteiger partial charge >= 0.3 is 0 Å². The molecule has 0 amide bonds. The highest BCUT2D eigenvalue weighted by atomic mass is 16.5. The summed E-state index contributed by atoms with van der Waals surface area (Å²) in [6.07, 6.45) is 2.32. The minimum absolute atomic E-state index is 0.0265. The summed E-state index contributed by atoms with van der Waals surface area (Å²) in [5.74, 6) is 0.887. The van der Waals surface area contributed by atoms with Crippen LogP contribution in [0.5, 0.6) is 5.75 Å². The molecular formula is C14H21NO2. The van der Waals surface area contributed by atoms with Crippen LogP contribution in [0.2, 0.25) is 0 Å². The lowest BCUT2D eigenvalue weighted by molar-refractivity contribution is -0.0571. The monoisotopic (exact) mass is 235 g/mol. The molecule has 0 saturated carbocycles. The molecule has 1 atom stereocenters. The van der Waals surface area contributed by atoms with Crippen LogP contribution < -0.4 is 10.1 Å². The number of hydrogen-bond acceptors (Lipinski definition) is 3. The average molecular weight is 235 g/mol. The highest BCUT2D eigenvalue weighted by Gasteiger charge is 2.27. The van der Waals surface area contributed by atoms with Gasteiger partial charge in [-0.3, -0.25) is 0 Å². The Hall–Kier alpha value is -1.06. The van der Waals surface area contributed by atoms with Crippen LogP contribution in [0.4, 0.5) is 0 Å². The van der Waals surface area contributed by atoms with Crippen LogP contribution in [0, 0.1) is 0 Å². The molecule has 1 aromatic carbocycles. The number of piperidine rings is 1. The van der Waals surface area contributed by atoms with Gasteiger partial charge in [0, 0.05) is 6.54 Å². The number of rotatable bonds is 4. The van der Waals surface area contributed by atoms with Gasteiger partial charge in [0.2, 0.25) is 0 Å². The van der Waals surface area contributed by atoms with E-state index in [4.69, 9.17) is 9.47 Å². The number of benzene rings is 1. The van der Waals surface area contributed by atoms with Crippen LogP contribution >= 0.6 is 0 Å². The fourth-order valence-electron chi connectivity index (χ4n) is 2.17. The van der Waals surface area contributed by atoms with Crippen molar-refractivity contribution in [1.82, 2.24) is 5.32 Å². The van der Waals surface area contributed by atoms with Gasteiger partial charge in [-0.1, -0.05) is 12.1 Å². The molecular weight excluding hydrogens is 214 g/mol. The summed E-state index contributed by atoms with van der Waals surface area (Å²) < 4.78 is 11.2. The van der Waals surface area contributed by atoms with Crippen molar-refractivity contribution in [3.63, 3.8) is 0 Å². The molecule has 0 radical (unpaired) electrons. The van der Waals surface area contributed by atoms with Crippen LogP contribution in [0.25, 0.3) is 0 Å². The highest BCUT2D eigenvalue weighted by Crippen LogP contribution is 2.22. The summed E-state index contributed by atoms with van der Waals surface area (Å²) >= 11 is 0. The summed E-state index contributed by atoms with van der Waals surface area (Å²) in [6, 6.07) is 8.05. The maximum absolute atomic E-state index is 6.04. The molecule has 0 aromatic heterocycles. The quantitative estimate of drug-likeness (QED) is 0.869. The van der Waals surface area contributed by atoms with Crippen molar-refractivity contribution >= 4 is 0 Å². The molecule has 1 saturated heterocycles. The Morgan fingerprint density at radius 3 is 3.00 bits per heavy atom. The normalized spacial score (nSPS) is 24.6. The van der Waals surface area contributed by atoms with E-state index in [1.807, 2.05) is 18.2 Å². The van der Waals surface area contributed by atoms with E-state index in [1.165, 1.54) is 6.42 Å². The zero-order chi connectivity index (χ0) is 12.1. The Bertz CT molecular complexity index is 359. The molecule has 2 rings (SSSR count). The van der Waals surface area contributed by atoms with Crippen molar-refractivity contribution in [3.8, 4) is 5.75 Å². The number of methoxy groups -OCH3 is 1. The molecule has 1 aromatic rings. The molecule has 1 aliphatic rings. The molecule has 0 spiro atoms. The van der Waals surface area contributed by atoms with Gasteiger partial charge in [0.05, 0.1) is 19.3 Å². The third-order valence-electron chi connectivity index (χ3n) is 3.28. The Labute approximate surface area is 103 Å². The van der Waals surface area contributed by atoms with Gasteiger partial charge in [-0.15, -0.1) is 0 Å². The van der Waals surface area contributed by atoms with Crippen LogP contribution in [0.15, 0.2) is 24.3 Å². The van der Waals surface area contributed by atoms with Crippen LogP contribution in [-0.4, -0.2) is 25.8 Å². The number of hydrogen-bond donors (Lipinski definition) is 1. The molecule has 1 unspecified atom stereocenters. The average Bonchev–Trinajstić information content (AvgIpc) is 2.38. The molecule has 0 aliphatic carbocycles. The second kappa shape index (κ2) is 5.52. The molecule has 94 valence electrons. The zero-order valence-electron chi connectivity index (χ0n) is 10.7. The van der Waals surface area contributed by atoms with Gasteiger partial charge in [0.15, 0.2) is 0 Å². The Morgan fingerprint density at radius 1 is 1.41 bits per heavy atom. The summed E-state index contributed by atoms with van der Waals surface area (Å²) in [4.78, 5) is 0. The lowest BCUT2D eigenvalue weighted by Gasteiger charge is -2.34. The first-order valence-corrected chi connectivity index (χ1v) is 6.19. The topological polar surface area (TPSA) is 30.5 Å². The third kappa shape index (κ3) is 3.45. The Kier molecular flexibility index (Phi) is 4.02. The highest BCUT2D eigenvalue weighted by molar-refractivity contribution is 5.27. The van der Waals surface area contributed by atoms with Crippen molar-refractivity contribution in [2.45, 2.75) is 32.0 Å². The molecule has 3 nitrogen and oxygen atoms in total. The predicted molar refractivity (Wildman–Crippen MR) is 68.3 cm³/mol. The van der Waals surface area contributed by atoms with Crippen molar-refractivity contribution < 1.29 is 9.47 Å². The first-order chi connectivity index (χ1) is 8.22. The minimum atomic E-state index is -0.0265. The second-order valence-electron chi connectivity index (χ2n) is 4.87. The number of ether oxygens (including phenoxy) is 2. The molecule has 1 heterocycles. The zero-order valence-corrected chi connectivity index (χ0v) is 10.7. The first kappa shape index (κ1) is 12.4. The van der Waals surface area contributed by atoms with Gasteiger partial charge in [-0.25, -0.2) is 0 Å². The van der Waals surface area contributed by atoms with E-state index in [0.29, 0.717) is 6.61 Å². The summed E-state index contributed by atoms with van der Waals surface area (Å²) in [5.41, 5.74) is 1.14. The molecule has 0 bridgehead atoms. The van der Waals surface area contributed by atoms with Crippen molar-refractivity contribution in [3.05, 3.63) is 29.8 Å². The number of nitrogens with one attached hydrogen (secondary N) is 1. The van der Waals surface area contributed by atoms with E-state index in [2.05, 4.69) is 18.3 Å². The summed E-state index contributed by atoms with van der Waals surface area (Å²) in [5, 5.41) is 3.38. The van der Waals surface area contributed by atoms with Crippen molar-refractivity contribution in [2.75, 3.05) is 20.2 Å². The lowest BCUT2D eigenvalue weighted by atomic mass is 9.96. The lowest BCUT2D eigenvalue weighted by Crippen LogP contribution is -2.45. The van der Waals surface area contributed by atoms with Crippen LogP contribution in [0.1, 0.15) is 25.3 Å². The maximum atomic E-state index is 6.04. The first-order valence-electron chi connectivity index (χ1n) is 6.19. The second-order valence-corrected chi connectivity index (χ2v) is 4.87. The summed E-state index contributed by atoms with van der Waals surface area (Å²) in [7, 11) is 1.69. The van der Waals surface area contributed by atoms with Crippen LogP contribution in [0.3, 0.4) is 0 Å². The van der Waals surface area contributed by atoms with E-state index >= 15 is 0 Å². The molecule has 17 heavy (non-hydrogen) atoms. The van der Waals surface area contributed by atoms with Crippen molar-refractivity contribution in [1.29, 1.82) is 0 Å².